The van der Waals surface area contributed by atoms with Crippen molar-refractivity contribution in [3.05, 3.63) is 17.0 Å². The van der Waals surface area contributed by atoms with Crippen molar-refractivity contribution in [1.29, 1.82) is 0 Å². The molecule has 0 unspecified atom stereocenters. The predicted molar refractivity (Wildman–Crippen MR) is 62.3 cm³/mol. The Labute approximate surface area is 105 Å². The number of aliphatic carboxylic acids is 1. The molecule has 0 aromatic carbocycles. The lowest BCUT2D eigenvalue weighted by atomic mass is 10.1. The number of aryl methyl sites for hydroxylation is 2. The Bertz CT molecular complexity index is 480. The lowest BCUT2D eigenvalue weighted by Crippen LogP contribution is -2.40. The topological polar surface area (TPSA) is 83.6 Å². The molecule has 2 rings (SSSR count). The van der Waals surface area contributed by atoms with E-state index in [2.05, 4.69) is 5.16 Å². The van der Waals surface area contributed by atoms with Gasteiger partial charge in [0.2, 0.25) is 0 Å². The third-order valence-corrected chi connectivity index (χ3v) is 3.28. The van der Waals surface area contributed by atoms with Crippen molar-refractivity contribution in [2.45, 2.75) is 39.2 Å². The molecule has 0 radical (unpaired) electrons. The first-order chi connectivity index (χ1) is 8.56. The van der Waals surface area contributed by atoms with E-state index < -0.39 is 12.0 Å². The minimum absolute atomic E-state index is 0.282. The fraction of sp³-hybridized carbons (Fsp3) is 0.583. The average Bonchev–Trinajstić information content (AvgIpc) is 2.94. The Balaban J connectivity index is 2.30. The van der Waals surface area contributed by atoms with Crippen LogP contribution in [-0.2, 0) is 11.2 Å². The third-order valence-electron chi connectivity index (χ3n) is 3.28. The summed E-state index contributed by atoms with van der Waals surface area (Å²) in [4.78, 5) is 24.9. The second-order valence-electron chi connectivity index (χ2n) is 4.41. The summed E-state index contributed by atoms with van der Waals surface area (Å²) in [6.45, 7) is 4.03. The standard InChI is InChI=1S/C12H16N2O4/c1-3-8-10(7(2)18-13-8)11(15)14-6-4-5-9(14)12(16)17/h9H,3-6H2,1-2H3,(H,16,17)/t9-/m0/s1. The fourth-order valence-electron chi connectivity index (χ4n) is 2.34. The number of carboxylic acid groups (broad SMARTS) is 1. The zero-order valence-corrected chi connectivity index (χ0v) is 10.5. The molecule has 1 aliphatic rings. The first-order valence-corrected chi connectivity index (χ1v) is 6.05. The number of nitrogens with zero attached hydrogens (tertiary/aromatic N) is 2. The van der Waals surface area contributed by atoms with Crippen LogP contribution in [0.15, 0.2) is 4.52 Å². The van der Waals surface area contributed by atoms with Crippen LogP contribution in [0.2, 0.25) is 0 Å². The van der Waals surface area contributed by atoms with Gasteiger partial charge in [0, 0.05) is 6.54 Å². The van der Waals surface area contributed by atoms with Crippen LogP contribution in [0, 0.1) is 6.92 Å². The Kier molecular flexibility index (Phi) is 3.36. The van der Waals surface area contributed by atoms with Gasteiger partial charge in [-0.05, 0) is 26.2 Å². The first-order valence-electron chi connectivity index (χ1n) is 6.05. The number of carboxylic acids is 1. The van der Waals surface area contributed by atoms with Crippen molar-refractivity contribution in [2.75, 3.05) is 6.54 Å². The van der Waals surface area contributed by atoms with Gasteiger partial charge in [-0.2, -0.15) is 0 Å². The SMILES string of the molecule is CCc1noc(C)c1C(=O)N1CCC[C@H]1C(=O)O. The van der Waals surface area contributed by atoms with Crippen LogP contribution in [0.4, 0.5) is 0 Å². The molecule has 1 aliphatic heterocycles. The molecular weight excluding hydrogens is 236 g/mol. The van der Waals surface area contributed by atoms with Gasteiger partial charge in [-0.3, -0.25) is 4.79 Å². The van der Waals surface area contributed by atoms with Crippen LogP contribution < -0.4 is 0 Å². The molecule has 1 atom stereocenters. The van der Waals surface area contributed by atoms with Gasteiger partial charge >= 0.3 is 5.97 Å². The average molecular weight is 252 g/mol. The molecule has 0 bridgehead atoms. The predicted octanol–water partition coefficient (Wildman–Crippen LogP) is 1.23. The molecule has 6 nitrogen and oxygen atoms in total. The first kappa shape index (κ1) is 12.6. The highest BCUT2D eigenvalue weighted by molar-refractivity contribution is 5.98. The normalized spacial score (nSPS) is 19.2. The number of carbonyl (C=O) groups excluding carboxylic acids is 1. The quantitative estimate of drug-likeness (QED) is 0.874. The van der Waals surface area contributed by atoms with E-state index in [9.17, 15) is 9.59 Å². The minimum Gasteiger partial charge on any atom is -0.480 e. The summed E-state index contributed by atoms with van der Waals surface area (Å²) >= 11 is 0. The Morgan fingerprint density at radius 3 is 2.89 bits per heavy atom. The van der Waals surface area contributed by atoms with E-state index in [1.54, 1.807) is 6.92 Å². The number of likely N-dealkylation sites (tertiary alicyclic amines) is 1. The second-order valence-corrected chi connectivity index (χ2v) is 4.41. The number of amides is 1. The van der Waals surface area contributed by atoms with E-state index in [0.717, 1.165) is 0 Å². The summed E-state index contributed by atoms with van der Waals surface area (Å²) in [6.07, 6.45) is 1.81. The maximum Gasteiger partial charge on any atom is 0.326 e. The fourth-order valence-corrected chi connectivity index (χ4v) is 2.34. The summed E-state index contributed by atoms with van der Waals surface area (Å²) in [5.74, 6) is -0.781. The van der Waals surface area contributed by atoms with E-state index in [-0.39, 0.29) is 5.91 Å². The lowest BCUT2D eigenvalue weighted by molar-refractivity contribution is -0.141. The van der Waals surface area contributed by atoms with Gasteiger partial charge in [-0.15, -0.1) is 0 Å². The smallest absolute Gasteiger partial charge is 0.326 e. The van der Waals surface area contributed by atoms with Crippen molar-refractivity contribution < 1.29 is 19.2 Å². The number of aromatic nitrogens is 1. The summed E-state index contributed by atoms with van der Waals surface area (Å²) in [5.41, 5.74) is 1.01. The van der Waals surface area contributed by atoms with Crippen molar-refractivity contribution in [3.63, 3.8) is 0 Å². The van der Waals surface area contributed by atoms with Gasteiger partial charge in [-0.25, -0.2) is 4.79 Å². The van der Waals surface area contributed by atoms with E-state index in [1.807, 2.05) is 6.92 Å². The molecule has 1 saturated heterocycles. The van der Waals surface area contributed by atoms with Gasteiger partial charge in [0.25, 0.3) is 5.91 Å². The number of rotatable bonds is 3. The Morgan fingerprint density at radius 1 is 1.56 bits per heavy atom. The molecule has 0 saturated carbocycles. The maximum absolute atomic E-state index is 12.4. The van der Waals surface area contributed by atoms with E-state index in [0.29, 0.717) is 42.8 Å². The molecule has 98 valence electrons. The Morgan fingerprint density at radius 2 is 2.28 bits per heavy atom. The maximum atomic E-state index is 12.4. The molecular formula is C12H16N2O4. The summed E-state index contributed by atoms with van der Waals surface area (Å²) in [5, 5.41) is 12.9. The second kappa shape index (κ2) is 4.80. The Hall–Kier alpha value is -1.85. The van der Waals surface area contributed by atoms with E-state index in [4.69, 9.17) is 9.63 Å². The minimum atomic E-state index is -0.951. The van der Waals surface area contributed by atoms with Crippen molar-refractivity contribution >= 4 is 11.9 Å². The molecule has 1 aromatic heterocycles. The zero-order valence-electron chi connectivity index (χ0n) is 10.5. The molecule has 6 heteroatoms. The van der Waals surface area contributed by atoms with Crippen LogP contribution >= 0.6 is 0 Å². The molecule has 1 aromatic rings. The highest BCUT2D eigenvalue weighted by Crippen LogP contribution is 2.23. The lowest BCUT2D eigenvalue weighted by Gasteiger charge is -2.21. The summed E-state index contributed by atoms with van der Waals surface area (Å²) in [7, 11) is 0. The van der Waals surface area contributed by atoms with Gasteiger partial charge in [-0.1, -0.05) is 12.1 Å². The molecule has 1 N–H and O–H groups in total. The largest absolute Gasteiger partial charge is 0.480 e. The van der Waals surface area contributed by atoms with Crippen LogP contribution in [0.25, 0.3) is 0 Å². The van der Waals surface area contributed by atoms with Gasteiger partial charge in [0.15, 0.2) is 0 Å². The molecule has 18 heavy (non-hydrogen) atoms. The number of carbonyl (C=O) groups is 2. The molecule has 0 aliphatic carbocycles. The molecule has 1 amide bonds. The van der Waals surface area contributed by atoms with Crippen molar-refractivity contribution in [3.8, 4) is 0 Å². The summed E-state index contributed by atoms with van der Waals surface area (Å²) < 4.78 is 5.02. The monoisotopic (exact) mass is 252 g/mol. The summed E-state index contributed by atoms with van der Waals surface area (Å²) in [6, 6.07) is -0.725. The van der Waals surface area contributed by atoms with Crippen LogP contribution in [-0.4, -0.2) is 39.6 Å². The third kappa shape index (κ3) is 1.98. The van der Waals surface area contributed by atoms with E-state index >= 15 is 0 Å². The van der Waals surface area contributed by atoms with Gasteiger partial charge in [0.05, 0.1) is 5.69 Å². The number of hydrogen-bond acceptors (Lipinski definition) is 4. The zero-order chi connectivity index (χ0) is 13.3. The number of hydrogen-bond donors (Lipinski definition) is 1. The molecule has 0 spiro atoms. The van der Waals surface area contributed by atoms with Crippen molar-refractivity contribution in [1.82, 2.24) is 10.1 Å². The highest BCUT2D eigenvalue weighted by atomic mass is 16.5. The van der Waals surface area contributed by atoms with Crippen LogP contribution in [0.1, 0.15) is 41.6 Å². The van der Waals surface area contributed by atoms with Crippen LogP contribution in [0.5, 0.6) is 0 Å². The van der Waals surface area contributed by atoms with Crippen LogP contribution in [0.3, 0.4) is 0 Å². The van der Waals surface area contributed by atoms with Gasteiger partial charge in [0.1, 0.15) is 17.4 Å². The highest BCUT2D eigenvalue weighted by Gasteiger charge is 2.36. The van der Waals surface area contributed by atoms with Gasteiger partial charge < -0.3 is 14.5 Å². The van der Waals surface area contributed by atoms with Crippen molar-refractivity contribution in [2.24, 2.45) is 0 Å². The van der Waals surface area contributed by atoms with E-state index in [1.165, 1.54) is 4.90 Å². The molecule has 1 fully saturated rings. The molecule has 2 heterocycles.